The number of H-pyrrole nitrogens is 1. The number of sulfonamides is 1. The minimum atomic E-state index is -3.47. The van der Waals surface area contributed by atoms with Crippen LogP contribution in [0.4, 0.5) is 10.5 Å². The summed E-state index contributed by atoms with van der Waals surface area (Å²) in [5, 5.41) is 12.4. The van der Waals surface area contributed by atoms with Crippen molar-refractivity contribution in [2.75, 3.05) is 19.4 Å². The first-order chi connectivity index (χ1) is 13.8. The van der Waals surface area contributed by atoms with E-state index in [4.69, 9.17) is 0 Å². The van der Waals surface area contributed by atoms with E-state index in [-0.39, 0.29) is 17.5 Å². The Morgan fingerprint density at radius 3 is 2.48 bits per heavy atom. The van der Waals surface area contributed by atoms with Crippen LogP contribution in [0.15, 0.2) is 53.4 Å². The van der Waals surface area contributed by atoms with Crippen molar-refractivity contribution in [1.29, 1.82) is 0 Å². The summed E-state index contributed by atoms with van der Waals surface area (Å²) in [4.78, 5) is 16.7. The molecule has 3 N–H and O–H groups in total. The lowest BCUT2D eigenvalue weighted by atomic mass is 10.2. The number of aromatic amines is 1. The van der Waals surface area contributed by atoms with Crippen molar-refractivity contribution in [3.63, 3.8) is 0 Å². The average molecular weight is 414 g/mol. The van der Waals surface area contributed by atoms with Gasteiger partial charge in [-0.15, -0.1) is 0 Å². The van der Waals surface area contributed by atoms with Gasteiger partial charge in [0.1, 0.15) is 5.82 Å². The van der Waals surface area contributed by atoms with Gasteiger partial charge < -0.3 is 10.6 Å². The van der Waals surface area contributed by atoms with Gasteiger partial charge in [0.15, 0.2) is 5.82 Å². The van der Waals surface area contributed by atoms with E-state index < -0.39 is 10.0 Å². The van der Waals surface area contributed by atoms with Gasteiger partial charge >= 0.3 is 6.03 Å². The summed E-state index contributed by atoms with van der Waals surface area (Å²) in [7, 11) is -0.511. The topological polar surface area (TPSA) is 120 Å². The van der Waals surface area contributed by atoms with Crippen molar-refractivity contribution >= 4 is 21.7 Å². The highest BCUT2D eigenvalue weighted by Crippen LogP contribution is 2.19. The summed E-state index contributed by atoms with van der Waals surface area (Å²) in [6.45, 7) is 2.07. The molecule has 0 aliphatic carbocycles. The Kier molecular flexibility index (Phi) is 5.95. The predicted molar refractivity (Wildman–Crippen MR) is 110 cm³/mol. The highest BCUT2D eigenvalue weighted by atomic mass is 32.2. The van der Waals surface area contributed by atoms with E-state index in [9.17, 15) is 13.2 Å². The minimum absolute atomic E-state index is 0.203. The van der Waals surface area contributed by atoms with Crippen molar-refractivity contribution in [3.05, 3.63) is 59.9 Å². The van der Waals surface area contributed by atoms with Gasteiger partial charge in [0.2, 0.25) is 10.0 Å². The molecular weight excluding hydrogens is 392 g/mol. The molecule has 9 nitrogen and oxygen atoms in total. The van der Waals surface area contributed by atoms with Crippen LogP contribution in [0, 0.1) is 6.92 Å². The fraction of sp³-hybridized carbons (Fsp3) is 0.211. The third-order valence-electron chi connectivity index (χ3n) is 4.13. The zero-order valence-electron chi connectivity index (χ0n) is 16.3. The molecule has 2 amide bonds. The Balaban J connectivity index is 1.59. The number of rotatable bonds is 6. The van der Waals surface area contributed by atoms with Crippen molar-refractivity contribution in [2.24, 2.45) is 0 Å². The Morgan fingerprint density at radius 1 is 1.14 bits per heavy atom. The maximum Gasteiger partial charge on any atom is 0.319 e. The lowest BCUT2D eigenvalue weighted by molar-refractivity contribution is 0.251. The van der Waals surface area contributed by atoms with Gasteiger partial charge in [0.25, 0.3) is 0 Å². The summed E-state index contributed by atoms with van der Waals surface area (Å²) >= 11 is 0. The summed E-state index contributed by atoms with van der Waals surface area (Å²) < 4.78 is 25.3. The molecule has 2 aromatic carbocycles. The van der Waals surface area contributed by atoms with Crippen molar-refractivity contribution in [1.82, 2.24) is 24.8 Å². The second kappa shape index (κ2) is 8.41. The number of aromatic nitrogens is 3. The number of aryl methyl sites for hydroxylation is 1. The third-order valence-corrected chi connectivity index (χ3v) is 5.96. The Morgan fingerprint density at radius 2 is 1.86 bits per heavy atom. The Hall–Kier alpha value is -3.24. The minimum Gasteiger partial charge on any atom is -0.334 e. The average Bonchev–Trinajstić information content (AvgIpc) is 3.13. The number of hydrogen-bond acceptors (Lipinski definition) is 5. The monoisotopic (exact) mass is 414 g/mol. The molecule has 0 aliphatic rings. The van der Waals surface area contributed by atoms with Crippen molar-refractivity contribution in [3.8, 4) is 11.4 Å². The lowest BCUT2D eigenvalue weighted by Gasteiger charge is -2.12. The summed E-state index contributed by atoms with van der Waals surface area (Å²) in [5.74, 6) is 1.26. The van der Waals surface area contributed by atoms with Crippen LogP contribution in [0.5, 0.6) is 0 Å². The van der Waals surface area contributed by atoms with E-state index in [0.29, 0.717) is 17.3 Å². The third kappa shape index (κ3) is 4.98. The van der Waals surface area contributed by atoms with E-state index in [2.05, 4.69) is 25.8 Å². The number of carbonyl (C=O) groups is 1. The van der Waals surface area contributed by atoms with Crippen LogP contribution in [-0.4, -0.2) is 48.0 Å². The maximum atomic E-state index is 12.2. The maximum absolute atomic E-state index is 12.2. The molecule has 1 heterocycles. The molecule has 0 spiro atoms. The number of hydrogen-bond donors (Lipinski definition) is 3. The SMILES string of the molecule is Cc1nc(-c2cccc(NC(=O)NCc3ccc(S(=O)(=O)N(C)C)cc3)c2)n[nH]1. The van der Waals surface area contributed by atoms with Crippen molar-refractivity contribution in [2.45, 2.75) is 18.4 Å². The molecule has 152 valence electrons. The van der Waals surface area contributed by atoms with Crippen molar-refractivity contribution < 1.29 is 13.2 Å². The van der Waals surface area contributed by atoms with Gasteiger partial charge in [-0.05, 0) is 36.8 Å². The number of urea groups is 1. The summed E-state index contributed by atoms with van der Waals surface area (Å²) in [5.41, 5.74) is 2.17. The molecule has 0 saturated heterocycles. The molecule has 0 radical (unpaired) electrons. The molecule has 3 rings (SSSR count). The molecule has 0 bridgehead atoms. The van der Waals surface area contributed by atoms with E-state index in [1.807, 2.05) is 13.0 Å². The van der Waals surface area contributed by atoms with Crippen LogP contribution >= 0.6 is 0 Å². The number of amides is 2. The fourth-order valence-corrected chi connectivity index (χ4v) is 3.46. The van der Waals surface area contributed by atoms with Crippen LogP contribution < -0.4 is 10.6 Å². The molecular formula is C19H22N6O3S. The van der Waals surface area contributed by atoms with E-state index in [1.54, 1.807) is 30.3 Å². The van der Waals surface area contributed by atoms with Gasteiger partial charge in [0.05, 0.1) is 4.90 Å². The zero-order valence-corrected chi connectivity index (χ0v) is 17.1. The molecule has 1 aromatic heterocycles. The van der Waals surface area contributed by atoms with Gasteiger partial charge in [-0.3, -0.25) is 5.10 Å². The van der Waals surface area contributed by atoms with E-state index >= 15 is 0 Å². The van der Waals surface area contributed by atoms with Gasteiger partial charge in [-0.1, -0.05) is 24.3 Å². The van der Waals surface area contributed by atoms with Gasteiger partial charge in [-0.2, -0.15) is 5.10 Å². The number of nitrogens with zero attached hydrogens (tertiary/aromatic N) is 3. The first-order valence-electron chi connectivity index (χ1n) is 8.81. The standard InChI is InChI=1S/C19H22N6O3S/c1-13-21-18(24-23-13)15-5-4-6-16(11-15)22-19(26)20-12-14-7-9-17(10-8-14)29(27,28)25(2)3/h4-11H,12H2,1-3H3,(H2,20,22,26)(H,21,23,24). The summed E-state index contributed by atoms with van der Waals surface area (Å²) in [6, 6.07) is 13.2. The van der Waals surface area contributed by atoms with Crippen LogP contribution in [-0.2, 0) is 16.6 Å². The van der Waals surface area contributed by atoms with Crippen LogP contribution in [0.25, 0.3) is 11.4 Å². The number of anilines is 1. The normalized spacial score (nSPS) is 11.4. The molecule has 3 aromatic rings. The van der Waals surface area contributed by atoms with Gasteiger partial charge in [-0.25, -0.2) is 22.5 Å². The summed E-state index contributed by atoms with van der Waals surface area (Å²) in [6.07, 6.45) is 0. The molecule has 0 fully saturated rings. The number of benzene rings is 2. The first-order valence-corrected chi connectivity index (χ1v) is 10.3. The molecule has 0 aliphatic heterocycles. The van der Waals surface area contributed by atoms with Crippen LogP contribution in [0.3, 0.4) is 0 Å². The second-order valence-electron chi connectivity index (χ2n) is 6.56. The van der Waals surface area contributed by atoms with Crippen LogP contribution in [0.1, 0.15) is 11.4 Å². The number of carbonyl (C=O) groups excluding carboxylic acids is 1. The fourth-order valence-electron chi connectivity index (χ4n) is 2.56. The largest absolute Gasteiger partial charge is 0.334 e. The Bertz CT molecular complexity index is 1110. The lowest BCUT2D eigenvalue weighted by Crippen LogP contribution is -2.28. The first kappa shape index (κ1) is 20.5. The zero-order chi connectivity index (χ0) is 21.0. The molecule has 10 heteroatoms. The predicted octanol–water partition coefficient (Wildman–Crippen LogP) is 2.35. The second-order valence-corrected chi connectivity index (χ2v) is 8.72. The van der Waals surface area contributed by atoms with E-state index in [0.717, 1.165) is 15.4 Å². The Labute approximate surface area is 169 Å². The molecule has 0 unspecified atom stereocenters. The molecule has 0 atom stereocenters. The van der Waals surface area contributed by atoms with Gasteiger partial charge in [0, 0.05) is 31.9 Å². The highest BCUT2D eigenvalue weighted by molar-refractivity contribution is 7.89. The van der Waals surface area contributed by atoms with E-state index in [1.165, 1.54) is 26.2 Å². The quantitative estimate of drug-likeness (QED) is 0.572. The molecule has 0 saturated carbocycles. The van der Waals surface area contributed by atoms with Crippen LogP contribution in [0.2, 0.25) is 0 Å². The number of nitrogens with one attached hydrogen (secondary N) is 3. The highest BCUT2D eigenvalue weighted by Gasteiger charge is 2.16. The smallest absolute Gasteiger partial charge is 0.319 e. The molecule has 29 heavy (non-hydrogen) atoms.